The standard InChI is InChI=1S/C14H25N/c1-2-8-14(9-10-14)12-15-11-13-6-4-3-5-7-13/h3-4,13,15H,2,5-12H2,1H3. The summed E-state index contributed by atoms with van der Waals surface area (Å²) in [5.41, 5.74) is 0.721. The second kappa shape index (κ2) is 5.16. The molecule has 0 aliphatic heterocycles. The third kappa shape index (κ3) is 3.34. The molecule has 0 heterocycles. The van der Waals surface area contributed by atoms with Gasteiger partial charge in [-0.3, -0.25) is 0 Å². The molecular formula is C14H25N. The van der Waals surface area contributed by atoms with E-state index in [1.165, 1.54) is 58.0 Å². The summed E-state index contributed by atoms with van der Waals surface area (Å²) in [7, 11) is 0. The topological polar surface area (TPSA) is 12.0 Å². The van der Waals surface area contributed by atoms with E-state index in [4.69, 9.17) is 0 Å². The van der Waals surface area contributed by atoms with Gasteiger partial charge in [0.2, 0.25) is 0 Å². The van der Waals surface area contributed by atoms with Gasteiger partial charge in [0.15, 0.2) is 0 Å². The zero-order valence-corrected chi connectivity index (χ0v) is 10.1. The summed E-state index contributed by atoms with van der Waals surface area (Å²) in [6, 6.07) is 0. The second-order valence-electron chi connectivity index (χ2n) is 5.53. The SMILES string of the molecule is CCCC1(CNCC2CC=CCC2)CC1. The summed E-state index contributed by atoms with van der Waals surface area (Å²) < 4.78 is 0. The second-order valence-corrected chi connectivity index (χ2v) is 5.53. The van der Waals surface area contributed by atoms with Crippen LogP contribution >= 0.6 is 0 Å². The fraction of sp³-hybridized carbons (Fsp3) is 0.857. The van der Waals surface area contributed by atoms with Crippen molar-refractivity contribution in [3.8, 4) is 0 Å². The summed E-state index contributed by atoms with van der Waals surface area (Å²) in [4.78, 5) is 0. The number of allylic oxidation sites excluding steroid dienone is 2. The van der Waals surface area contributed by atoms with Crippen LogP contribution in [0.25, 0.3) is 0 Å². The van der Waals surface area contributed by atoms with Gasteiger partial charge in [-0.05, 0) is 56.4 Å². The van der Waals surface area contributed by atoms with Crippen molar-refractivity contribution in [2.75, 3.05) is 13.1 Å². The molecule has 2 aliphatic rings. The third-order valence-electron chi connectivity index (χ3n) is 4.05. The minimum absolute atomic E-state index is 0.721. The van der Waals surface area contributed by atoms with Gasteiger partial charge in [0, 0.05) is 6.54 Å². The van der Waals surface area contributed by atoms with E-state index in [9.17, 15) is 0 Å². The smallest absolute Gasteiger partial charge is 0.000793 e. The largest absolute Gasteiger partial charge is 0.316 e. The molecule has 0 aromatic heterocycles. The monoisotopic (exact) mass is 207 g/mol. The molecule has 0 spiro atoms. The minimum atomic E-state index is 0.721. The normalized spacial score (nSPS) is 27.9. The molecule has 0 bridgehead atoms. The summed E-state index contributed by atoms with van der Waals surface area (Å²) in [5, 5.41) is 3.71. The van der Waals surface area contributed by atoms with Gasteiger partial charge in [-0.15, -0.1) is 0 Å². The van der Waals surface area contributed by atoms with E-state index in [2.05, 4.69) is 24.4 Å². The van der Waals surface area contributed by atoms with E-state index in [-0.39, 0.29) is 0 Å². The lowest BCUT2D eigenvalue weighted by molar-refractivity contribution is 0.378. The fourth-order valence-electron chi connectivity index (χ4n) is 2.81. The molecule has 0 radical (unpaired) electrons. The molecule has 1 unspecified atom stereocenters. The number of hydrogen-bond acceptors (Lipinski definition) is 1. The van der Waals surface area contributed by atoms with Crippen molar-refractivity contribution in [3.63, 3.8) is 0 Å². The zero-order valence-electron chi connectivity index (χ0n) is 10.1. The first-order valence-corrected chi connectivity index (χ1v) is 6.70. The van der Waals surface area contributed by atoms with Crippen molar-refractivity contribution < 1.29 is 0 Å². The third-order valence-corrected chi connectivity index (χ3v) is 4.05. The molecule has 1 nitrogen and oxygen atoms in total. The van der Waals surface area contributed by atoms with Gasteiger partial charge in [0.05, 0.1) is 0 Å². The van der Waals surface area contributed by atoms with Crippen LogP contribution in [-0.4, -0.2) is 13.1 Å². The molecular weight excluding hydrogens is 182 g/mol. The average molecular weight is 207 g/mol. The van der Waals surface area contributed by atoms with Crippen LogP contribution in [0, 0.1) is 11.3 Å². The molecule has 0 saturated heterocycles. The first-order valence-electron chi connectivity index (χ1n) is 6.70. The summed E-state index contributed by atoms with van der Waals surface area (Å²) in [6.45, 7) is 4.84. The molecule has 1 fully saturated rings. The Morgan fingerprint density at radius 3 is 2.80 bits per heavy atom. The van der Waals surface area contributed by atoms with Crippen molar-refractivity contribution >= 4 is 0 Å². The lowest BCUT2D eigenvalue weighted by Crippen LogP contribution is -2.29. The number of nitrogens with one attached hydrogen (secondary N) is 1. The highest BCUT2D eigenvalue weighted by Crippen LogP contribution is 2.48. The minimum Gasteiger partial charge on any atom is -0.316 e. The van der Waals surface area contributed by atoms with Gasteiger partial charge in [-0.25, -0.2) is 0 Å². The van der Waals surface area contributed by atoms with E-state index in [0.29, 0.717) is 0 Å². The Kier molecular flexibility index (Phi) is 3.85. The Balaban J connectivity index is 1.60. The molecule has 86 valence electrons. The quantitative estimate of drug-likeness (QED) is 0.657. The first kappa shape index (κ1) is 11.2. The van der Waals surface area contributed by atoms with Crippen molar-refractivity contribution in [1.82, 2.24) is 5.32 Å². The molecule has 1 heteroatoms. The lowest BCUT2D eigenvalue weighted by Gasteiger charge is -2.21. The number of rotatable bonds is 6. The highest BCUT2D eigenvalue weighted by atomic mass is 14.9. The molecule has 15 heavy (non-hydrogen) atoms. The summed E-state index contributed by atoms with van der Waals surface area (Å²) in [6.07, 6.45) is 14.4. The highest BCUT2D eigenvalue weighted by Gasteiger charge is 2.40. The van der Waals surface area contributed by atoms with E-state index in [1.54, 1.807) is 0 Å². The van der Waals surface area contributed by atoms with Gasteiger partial charge >= 0.3 is 0 Å². The van der Waals surface area contributed by atoms with Gasteiger partial charge < -0.3 is 5.32 Å². The predicted molar refractivity (Wildman–Crippen MR) is 65.9 cm³/mol. The summed E-state index contributed by atoms with van der Waals surface area (Å²) >= 11 is 0. The molecule has 0 aromatic rings. The van der Waals surface area contributed by atoms with Gasteiger partial charge in [-0.1, -0.05) is 25.5 Å². The van der Waals surface area contributed by atoms with Crippen LogP contribution in [0.15, 0.2) is 12.2 Å². The van der Waals surface area contributed by atoms with E-state index in [1.807, 2.05) is 0 Å². The van der Waals surface area contributed by atoms with E-state index in [0.717, 1.165) is 11.3 Å². The van der Waals surface area contributed by atoms with E-state index < -0.39 is 0 Å². The van der Waals surface area contributed by atoms with Crippen LogP contribution < -0.4 is 5.32 Å². The molecule has 1 saturated carbocycles. The van der Waals surface area contributed by atoms with Crippen molar-refractivity contribution in [1.29, 1.82) is 0 Å². The Morgan fingerprint density at radius 1 is 1.33 bits per heavy atom. The average Bonchev–Trinajstić information content (AvgIpc) is 3.00. The van der Waals surface area contributed by atoms with Crippen molar-refractivity contribution in [2.24, 2.45) is 11.3 Å². The van der Waals surface area contributed by atoms with E-state index >= 15 is 0 Å². The molecule has 1 N–H and O–H groups in total. The molecule has 2 rings (SSSR count). The predicted octanol–water partition coefficient (Wildman–Crippen LogP) is 3.51. The maximum atomic E-state index is 3.71. The fourth-order valence-corrected chi connectivity index (χ4v) is 2.81. The van der Waals surface area contributed by atoms with Gasteiger partial charge in [0.1, 0.15) is 0 Å². The molecule has 2 aliphatic carbocycles. The van der Waals surface area contributed by atoms with Gasteiger partial charge in [0.25, 0.3) is 0 Å². The van der Waals surface area contributed by atoms with Crippen molar-refractivity contribution in [2.45, 2.75) is 51.9 Å². The van der Waals surface area contributed by atoms with Crippen LogP contribution in [0.5, 0.6) is 0 Å². The molecule has 0 aromatic carbocycles. The van der Waals surface area contributed by atoms with Crippen LogP contribution in [-0.2, 0) is 0 Å². The van der Waals surface area contributed by atoms with Crippen LogP contribution in [0.1, 0.15) is 51.9 Å². The Hall–Kier alpha value is -0.300. The maximum Gasteiger partial charge on any atom is 0.000793 e. The van der Waals surface area contributed by atoms with Crippen molar-refractivity contribution in [3.05, 3.63) is 12.2 Å². The van der Waals surface area contributed by atoms with Crippen LogP contribution in [0.4, 0.5) is 0 Å². The number of hydrogen-bond donors (Lipinski definition) is 1. The zero-order chi connectivity index (χ0) is 10.6. The van der Waals surface area contributed by atoms with Crippen LogP contribution in [0.2, 0.25) is 0 Å². The first-order chi connectivity index (χ1) is 7.35. The summed E-state index contributed by atoms with van der Waals surface area (Å²) in [5.74, 6) is 0.910. The Morgan fingerprint density at radius 2 is 2.20 bits per heavy atom. The maximum absolute atomic E-state index is 3.71. The highest BCUT2D eigenvalue weighted by molar-refractivity contribution is 4.95. The Bertz CT molecular complexity index is 215. The Labute approximate surface area is 94.3 Å². The van der Waals surface area contributed by atoms with Crippen LogP contribution in [0.3, 0.4) is 0 Å². The van der Waals surface area contributed by atoms with Gasteiger partial charge in [-0.2, -0.15) is 0 Å². The lowest BCUT2D eigenvalue weighted by atomic mass is 9.94. The molecule has 1 atom stereocenters. The molecule has 0 amide bonds.